The van der Waals surface area contributed by atoms with Crippen molar-refractivity contribution >= 4 is 28.2 Å². The van der Waals surface area contributed by atoms with Crippen molar-refractivity contribution in [3.63, 3.8) is 0 Å². The molecule has 0 saturated carbocycles. The highest BCUT2D eigenvalue weighted by atomic mass is 35.5. The Labute approximate surface area is 135 Å². The van der Waals surface area contributed by atoms with Crippen molar-refractivity contribution in [1.29, 1.82) is 5.26 Å². The third-order valence-corrected chi connectivity index (χ3v) is 3.78. The Kier molecular flexibility index (Phi) is 5.96. The number of fused-ring (bicyclic) bond motifs is 1. The number of likely N-dealkylation sites (N-methyl/N-ethyl adjacent to an activating group) is 1. The summed E-state index contributed by atoms with van der Waals surface area (Å²) in [6.45, 7) is 5.17. The molecule has 0 unspecified atom stereocenters. The lowest BCUT2D eigenvalue weighted by atomic mass is 10.1. The van der Waals surface area contributed by atoms with Crippen LogP contribution in [-0.4, -0.2) is 47.8 Å². The van der Waals surface area contributed by atoms with Crippen molar-refractivity contribution in [2.45, 2.75) is 6.92 Å². The van der Waals surface area contributed by atoms with Crippen molar-refractivity contribution in [3.05, 3.63) is 35.0 Å². The number of benzene rings is 1. The van der Waals surface area contributed by atoms with Gasteiger partial charge in [-0.25, -0.2) is 0 Å². The third kappa shape index (κ3) is 3.86. The minimum Gasteiger partial charge on any atom is -0.395 e. The van der Waals surface area contributed by atoms with Crippen molar-refractivity contribution in [3.8, 4) is 6.07 Å². The van der Waals surface area contributed by atoms with Gasteiger partial charge in [0.2, 0.25) is 0 Å². The van der Waals surface area contributed by atoms with Crippen LogP contribution in [0, 0.1) is 11.3 Å². The molecule has 5 nitrogen and oxygen atoms in total. The summed E-state index contributed by atoms with van der Waals surface area (Å²) < 4.78 is 0. The molecular weight excluding hydrogens is 300 g/mol. The molecule has 1 heterocycles. The average molecular weight is 319 g/mol. The van der Waals surface area contributed by atoms with Gasteiger partial charge in [0, 0.05) is 36.2 Å². The van der Waals surface area contributed by atoms with E-state index in [1.165, 1.54) is 0 Å². The van der Waals surface area contributed by atoms with Gasteiger partial charge >= 0.3 is 0 Å². The fourth-order valence-electron chi connectivity index (χ4n) is 2.35. The summed E-state index contributed by atoms with van der Waals surface area (Å²) in [7, 11) is 0. The molecule has 0 aliphatic carbocycles. The number of aliphatic hydroxyl groups excluding tert-OH is 1. The quantitative estimate of drug-likeness (QED) is 0.820. The van der Waals surface area contributed by atoms with Gasteiger partial charge in [0.05, 0.1) is 23.4 Å². The molecule has 2 aromatic rings. The Balaban J connectivity index is 2.22. The minimum absolute atomic E-state index is 0.144. The number of nitrogens with zero attached hydrogens (tertiary/aromatic N) is 3. The second-order valence-corrected chi connectivity index (χ2v) is 5.34. The van der Waals surface area contributed by atoms with E-state index in [2.05, 4.69) is 28.2 Å². The molecule has 1 aromatic carbocycles. The molecule has 0 radical (unpaired) electrons. The monoisotopic (exact) mass is 318 g/mol. The van der Waals surface area contributed by atoms with Gasteiger partial charge < -0.3 is 10.4 Å². The van der Waals surface area contributed by atoms with Crippen LogP contribution in [0.4, 0.5) is 5.69 Å². The van der Waals surface area contributed by atoms with Crippen LogP contribution in [-0.2, 0) is 0 Å². The first-order valence-electron chi connectivity index (χ1n) is 7.25. The van der Waals surface area contributed by atoms with E-state index in [-0.39, 0.29) is 6.61 Å². The van der Waals surface area contributed by atoms with Crippen LogP contribution >= 0.6 is 11.6 Å². The molecule has 2 N–H and O–H groups in total. The highest BCUT2D eigenvalue weighted by molar-refractivity contribution is 6.31. The largest absolute Gasteiger partial charge is 0.395 e. The standard InChI is InChI=1S/C16H19ClN4O/c1-2-21(7-8-22)6-5-19-16-12(10-18)11-20-15-4-3-13(17)9-14(15)16/h3-4,9,11,22H,2,5-8H2,1H3,(H,19,20). The van der Waals surface area contributed by atoms with E-state index in [1.54, 1.807) is 12.3 Å². The van der Waals surface area contributed by atoms with Gasteiger partial charge in [-0.15, -0.1) is 0 Å². The molecule has 0 fully saturated rings. The van der Waals surface area contributed by atoms with Crippen LogP contribution in [0.2, 0.25) is 5.02 Å². The molecule has 0 saturated heterocycles. The number of aromatic nitrogens is 1. The maximum Gasteiger partial charge on any atom is 0.103 e. The first kappa shape index (κ1) is 16.5. The fourth-order valence-corrected chi connectivity index (χ4v) is 2.52. The first-order chi connectivity index (χ1) is 10.7. The zero-order valence-corrected chi connectivity index (χ0v) is 13.3. The third-order valence-electron chi connectivity index (χ3n) is 3.54. The number of anilines is 1. The van der Waals surface area contributed by atoms with E-state index in [0.29, 0.717) is 23.7 Å². The number of rotatable bonds is 7. The molecule has 0 aliphatic heterocycles. The lowest BCUT2D eigenvalue weighted by Gasteiger charge is -2.20. The summed E-state index contributed by atoms with van der Waals surface area (Å²) in [6, 6.07) is 7.61. The number of nitriles is 1. The van der Waals surface area contributed by atoms with Crippen LogP contribution in [0.3, 0.4) is 0 Å². The Morgan fingerprint density at radius 2 is 2.23 bits per heavy atom. The van der Waals surface area contributed by atoms with Crippen LogP contribution in [0.1, 0.15) is 12.5 Å². The summed E-state index contributed by atoms with van der Waals surface area (Å²) in [5.74, 6) is 0. The molecule has 22 heavy (non-hydrogen) atoms. The number of hydrogen-bond acceptors (Lipinski definition) is 5. The fraction of sp³-hybridized carbons (Fsp3) is 0.375. The van der Waals surface area contributed by atoms with Gasteiger partial charge in [0.1, 0.15) is 6.07 Å². The van der Waals surface area contributed by atoms with Gasteiger partial charge in [0.25, 0.3) is 0 Å². The average Bonchev–Trinajstić information content (AvgIpc) is 2.54. The molecule has 116 valence electrons. The molecular formula is C16H19ClN4O. The van der Waals surface area contributed by atoms with Crippen LogP contribution in [0.15, 0.2) is 24.4 Å². The first-order valence-corrected chi connectivity index (χ1v) is 7.62. The maximum absolute atomic E-state index is 9.28. The molecule has 1 aromatic heterocycles. The molecule has 0 amide bonds. The smallest absolute Gasteiger partial charge is 0.103 e. The van der Waals surface area contributed by atoms with Crippen molar-refractivity contribution in [2.75, 3.05) is 38.1 Å². The highest BCUT2D eigenvalue weighted by Gasteiger charge is 2.10. The molecule has 0 aliphatic rings. The molecule has 0 atom stereocenters. The van der Waals surface area contributed by atoms with E-state index >= 15 is 0 Å². The van der Waals surface area contributed by atoms with E-state index in [4.69, 9.17) is 16.7 Å². The number of pyridine rings is 1. The number of hydrogen-bond donors (Lipinski definition) is 2. The Morgan fingerprint density at radius 3 is 2.91 bits per heavy atom. The van der Waals surface area contributed by atoms with Gasteiger partial charge in [-0.05, 0) is 24.7 Å². The normalized spacial score (nSPS) is 10.9. The Bertz CT molecular complexity index is 684. The summed E-state index contributed by atoms with van der Waals surface area (Å²) in [4.78, 5) is 6.41. The number of nitrogens with one attached hydrogen (secondary N) is 1. The summed E-state index contributed by atoms with van der Waals surface area (Å²) >= 11 is 6.06. The molecule has 6 heteroatoms. The Hall–Kier alpha value is -1.87. The van der Waals surface area contributed by atoms with Gasteiger partial charge in [-0.3, -0.25) is 9.88 Å². The van der Waals surface area contributed by atoms with Crippen LogP contribution in [0.5, 0.6) is 0 Å². The van der Waals surface area contributed by atoms with Crippen molar-refractivity contribution in [1.82, 2.24) is 9.88 Å². The van der Waals surface area contributed by atoms with Crippen LogP contribution < -0.4 is 5.32 Å². The second-order valence-electron chi connectivity index (χ2n) is 4.90. The van der Waals surface area contributed by atoms with Crippen LogP contribution in [0.25, 0.3) is 10.9 Å². The topological polar surface area (TPSA) is 72.2 Å². The second kappa shape index (κ2) is 7.95. The maximum atomic E-state index is 9.28. The molecule has 0 spiro atoms. The van der Waals surface area contributed by atoms with E-state index in [9.17, 15) is 5.26 Å². The summed E-state index contributed by atoms with van der Waals surface area (Å²) in [5.41, 5.74) is 2.06. The Morgan fingerprint density at radius 1 is 1.41 bits per heavy atom. The molecule has 0 bridgehead atoms. The predicted octanol–water partition coefficient (Wildman–Crippen LogP) is 2.49. The summed E-state index contributed by atoms with van der Waals surface area (Å²) in [6.07, 6.45) is 1.57. The number of halogens is 1. The van der Waals surface area contributed by atoms with E-state index < -0.39 is 0 Å². The van der Waals surface area contributed by atoms with Crippen molar-refractivity contribution in [2.24, 2.45) is 0 Å². The van der Waals surface area contributed by atoms with Gasteiger partial charge in [0.15, 0.2) is 0 Å². The number of aliphatic hydroxyl groups is 1. The minimum atomic E-state index is 0.144. The highest BCUT2D eigenvalue weighted by Crippen LogP contribution is 2.27. The van der Waals surface area contributed by atoms with Gasteiger partial charge in [-0.2, -0.15) is 5.26 Å². The zero-order chi connectivity index (χ0) is 15.9. The predicted molar refractivity (Wildman–Crippen MR) is 89.2 cm³/mol. The zero-order valence-electron chi connectivity index (χ0n) is 12.5. The lowest BCUT2D eigenvalue weighted by molar-refractivity contribution is 0.206. The van der Waals surface area contributed by atoms with E-state index in [1.807, 2.05) is 12.1 Å². The van der Waals surface area contributed by atoms with Crippen molar-refractivity contribution < 1.29 is 5.11 Å². The SMILES string of the molecule is CCN(CCO)CCNc1c(C#N)cnc2ccc(Cl)cc12. The van der Waals surface area contributed by atoms with Gasteiger partial charge in [-0.1, -0.05) is 18.5 Å². The molecule has 2 rings (SSSR count). The lowest BCUT2D eigenvalue weighted by Crippen LogP contribution is -2.31. The van der Waals surface area contributed by atoms with E-state index in [0.717, 1.165) is 29.7 Å². The summed E-state index contributed by atoms with van der Waals surface area (Å²) in [5, 5.41) is 23.1.